The fourth-order valence-electron chi connectivity index (χ4n) is 2.43. The largest absolute Gasteiger partial charge is 0.495 e. The Morgan fingerprint density at radius 1 is 1.07 bits per heavy atom. The highest BCUT2D eigenvalue weighted by atomic mass is 35.5. The van der Waals surface area contributed by atoms with Crippen LogP contribution in [-0.4, -0.2) is 13.0 Å². The maximum atomic E-state index is 12.1. The van der Waals surface area contributed by atoms with E-state index in [2.05, 4.69) is 5.32 Å². The number of halogens is 2. The third kappa shape index (κ3) is 4.73. The Kier molecular flexibility index (Phi) is 5.89. The van der Waals surface area contributed by atoms with E-state index >= 15 is 0 Å². The van der Waals surface area contributed by atoms with E-state index in [1.165, 1.54) is 13.2 Å². The standard InChI is InChI=1S/C21H17Cl2NO3/c1-13-3-4-14(11-17(13)22)19-9-6-16(27-19)7-10-21(25)24-15-5-8-20(26-2)18(23)12-15/h3-12H,1-2H3,(H,24,25)/b10-7+. The quantitative estimate of drug-likeness (QED) is 0.516. The van der Waals surface area contributed by atoms with Gasteiger partial charge in [-0.2, -0.15) is 0 Å². The van der Waals surface area contributed by atoms with Crippen LogP contribution in [0.25, 0.3) is 17.4 Å². The molecule has 0 radical (unpaired) electrons. The highest BCUT2D eigenvalue weighted by Crippen LogP contribution is 2.28. The van der Waals surface area contributed by atoms with Crippen LogP contribution in [0, 0.1) is 6.92 Å². The highest BCUT2D eigenvalue weighted by molar-refractivity contribution is 6.32. The number of furan rings is 1. The van der Waals surface area contributed by atoms with E-state index in [1.807, 2.05) is 31.2 Å². The van der Waals surface area contributed by atoms with Crippen LogP contribution < -0.4 is 10.1 Å². The van der Waals surface area contributed by atoms with E-state index < -0.39 is 0 Å². The second kappa shape index (κ2) is 8.33. The predicted octanol–water partition coefficient (Wildman–Crippen LogP) is 6.22. The first-order chi connectivity index (χ1) is 13.0. The van der Waals surface area contributed by atoms with Crippen LogP contribution in [0.3, 0.4) is 0 Å². The zero-order valence-corrected chi connectivity index (χ0v) is 16.3. The lowest BCUT2D eigenvalue weighted by Gasteiger charge is -2.06. The van der Waals surface area contributed by atoms with Gasteiger partial charge in [-0.25, -0.2) is 0 Å². The summed E-state index contributed by atoms with van der Waals surface area (Å²) < 4.78 is 10.8. The number of rotatable bonds is 5. The van der Waals surface area contributed by atoms with Crippen molar-refractivity contribution in [3.05, 3.63) is 76.0 Å². The zero-order valence-electron chi connectivity index (χ0n) is 14.8. The van der Waals surface area contributed by atoms with E-state index in [1.54, 1.807) is 30.3 Å². The van der Waals surface area contributed by atoms with Crippen LogP contribution in [-0.2, 0) is 4.79 Å². The smallest absolute Gasteiger partial charge is 0.248 e. The minimum atomic E-state index is -0.299. The topological polar surface area (TPSA) is 51.5 Å². The van der Waals surface area contributed by atoms with E-state index in [0.29, 0.717) is 33.0 Å². The lowest BCUT2D eigenvalue weighted by atomic mass is 10.1. The van der Waals surface area contributed by atoms with Crippen molar-refractivity contribution in [1.29, 1.82) is 0 Å². The molecule has 0 saturated carbocycles. The second-order valence-corrected chi connectivity index (χ2v) is 6.65. The molecule has 0 saturated heterocycles. The molecule has 0 fully saturated rings. The van der Waals surface area contributed by atoms with E-state index in [9.17, 15) is 4.79 Å². The molecule has 6 heteroatoms. The van der Waals surface area contributed by atoms with E-state index in [-0.39, 0.29) is 5.91 Å². The first kappa shape index (κ1) is 19.1. The fourth-order valence-corrected chi connectivity index (χ4v) is 2.87. The Balaban J connectivity index is 1.67. The molecule has 0 bridgehead atoms. The normalized spacial score (nSPS) is 11.0. The summed E-state index contributed by atoms with van der Waals surface area (Å²) in [5.41, 5.74) is 2.45. The average molecular weight is 402 g/mol. The van der Waals surface area contributed by atoms with Gasteiger partial charge in [-0.15, -0.1) is 0 Å². The molecule has 1 amide bonds. The van der Waals surface area contributed by atoms with Crippen LogP contribution in [0.5, 0.6) is 5.75 Å². The lowest BCUT2D eigenvalue weighted by Crippen LogP contribution is -2.07. The molecule has 0 aliphatic rings. The lowest BCUT2D eigenvalue weighted by molar-refractivity contribution is -0.111. The SMILES string of the molecule is COc1ccc(NC(=O)/C=C/c2ccc(-c3ccc(C)c(Cl)c3)o2)cc1Cl. The summed E-state index contributed by atoms with van der Waals surface area (Å²) in [5, 5.41) is 3.83. The van der Waals surface area contributed by atoms with Gasteiger partial charge < -0.3 is 14.5 Å². The van der Waals surface area contributed by atoms with Gasteiger partial charge in [0.1, 0.15) is 17.3 Å². The Morgan fingerprint density at radius 3 is 2.59 bits per heavy atom. The van der Waals surface area contributed by atoms with Crippen molar-refractivity contribution in [1.82, 2.24) is 0 Å². The Labute approximate surface area is 167 Å². The highest BCUT2D eigenvalue weighted by Gasteiger charge is 2.07. The van der Waals surface area contributed by atoms with Gasteiger partial charge in [0.25, 0.3) is 0 Å². The number of hydrogen-bond donors (Lipinski definition) is 1. The predicted molar refractivity (Wildman–Crippen MR) is 110 cm³/mol. The molecule has 1 heterocycles. The maximum absolute atomic E-state index is 12.1. The van der Waals surface area contributed by atoms with Crippen LogP contribution in [0.1, 0.15) is 11.3 Å². The number of nitrogens with one attached hydrogen (secondary N) is 1. The zero-order chi connectivity index (χ0) is 19.4. The van der Waals surface area contributed by atoms with Gasteiger partial charge in [0.05, 0.1) is 12.1 Å². The number of carbonyl (C=O) groups is 1. The fraction of sp³-hybridized carbons (Fsp3) is 0.0952. The van der Waals surface area contributed by atoms with E-state index in [0.717, 1.165) is 11.1 Å². The summed E-state index contributed by atoms with van der Waals surface area (Å²) >= 11 is 12.2. The van der Waals surface area contributed by atoms with Gasteiger partial charge in [-0.3, -0.25) is 4.79 Å². The van der Waals surface area contributed by atoms with Crippen molar-refractivity contribution in [2.24, 2.45) is 0 Å². The van der Waals surface area contributed by atoms with Crippen molar-refractivity contribution in [3.8, 4) is 17.1 Å². The molecule has 27 heavy (non-hydrogen) atoms. The van der Waals surface area contributed by atoms with Gasteiger partial charge in [0, 0.05) is 22.3 Å². The van der Waals surface area contributed by atoms with Crippen molar-refractivity contribution in [2.45, 2.75) is 6.92 Å². The number of methoxy groups -OCH3 is 1. The molecule has 1 N–H and O–H groups in total. The van der Waals surface area contributed by atoms with Gasteiger partial charge in [0.2, 0.25) is 5.91 Å². The number of amides is 1. The Bertz CT molecular complexity index is 1010. The second-order valence-electron chi connectivity index (χ2n) is 5.84. The van der Waals surface area contributed by atoms with Crippen molar-refractivity contribution >= 4 is 40.9 Å². The van der Waals surface area contributed by atoms with Crippen LogP contribution >= 0.6 is 23.2 Å². The van der Waals surface area contributed by atoms with Crippen molar-refractivity contribution < 1.29 is 13.9 Å². The minimum Gasteiger partial charge on any atom is -0.495 e. The van der Waals surface area contributed by atoms with Crippen LogP contribution in [0.2, 0.25) is 10.0 Å². The number of benzene rings is 2. The molecule has 0 unspecified atom stereocenters. The van der Waals surface area contributed by atoms with Crippen LogP contribution in [0.15, 0.2) is 59.0 Å². The summed E-state index contributed by atoms with van der Waals surface area (Å²) in [6, 6.07) is 14.4. The summed E-state index contributed by atoms with van der Waals surface area (Å²) in [6.07, 6.45) is 2.99. The summed E-state index contributed by atoms with van der Waals surface area (Å²) in [6.45, 7) is 1.94. The number of ether oxygens (including phenoxy) is 1. The molecule has 4 nitrogen and oxygen atoms in total. The maximum Gasteiger partial charge on any atom is 0.248 e. The monoisotopic (exact) mass is 401 g/mol. The third-order valence-electron chi connectivity index (χ3n) is 3.90. The number of anilines is 1. The molecule has 138 valence electrons. The summed E-state index contributed by atoms with van der Waals surface area (Å²) in [5.74, 6) is 1.49. The van der Waals surface area contributed by atoms with Gasteiger partial charge >= 0.3 is 0 Å². The first-order valence-corrected chi connectivity index (χ1v) is 8.91. The van der Waals surface area contributed by atoms with Gasteiger partial charge in [-0.1, -0.05) is 35.3 Å². The summed E-state index contributed by atoms with van der Waals surface area (Å²) in [7, 11) is 1.53. The molecule has 0 aliphatic heterocycles. The molecule has 0 spiro atoms. The number of carbonyl (C=O) groups excluding carboxylic acids is 1. The molecular formula is C21H17Cl2NO3. The van der Waals surface area contributed by atoms with Gasteiger partial charge in [-0.05, 0) is 55.0 Å². The van der Waals surface area contributed by atoms with E-state index in [4.69, 9.17) is 32.4 Å². The molecule has 3 rings (SSSR count). The average Bonchev–Trinajstić information content (AvgIpc) is 3.11. The third-order valence-corrected chi connectivity index (χ3v) is 4.60. The molecular weight excluding hydrogens is 385 g/mol. The number of hydrogen-bond acceptors (Lipinski definition) is 3. The van der Waals surface area contributed by atoms with Crippen molar-refractivity contribution in [3.63, 3.8) is 0 Å². The first-order valence-electron chi connectivity index (χ1n) is 8.15. The molecule has 1 aromatic heterocycles. The Morgan fingerprint density at radius 2 is 1.89 bits per heavy atom. The van der Waals surface area contributed by atoms with Crippen LogP contribution in [0.4, 0.5) is 5.69 Å². The van der Waals surface area contributed by atoms with Gasteiger partial charge in [0.15, 0.2) is 0 Å². The molecule has 2 aromatic carbocycles. The number of aryl methyl sites for hydroxylation is 1. The molecule has 0 aliphatic carbocycles. The Hall–Kier alpha value is -2.69. The molecule has 0 atom stereocenters. The minimum absolute atomic E-state index is 0.299. The summed E-state index contributed by atoms with van der Waals surface area (Å²) in [4.78, 5) is 12.1. The van der Waals surface area contributed by atoms with Crippen molar-refractivity contribution in [2.75, 3.05) is 12.4 Å². The molecule has 3 aromatic rings.